The lowest BCUT2D eigenvalue weighted by Gasteiger charge is -2.18. The van der Waals surface area contributed by atoms with Gasteiger partial charge in [-0.05, 0) is 48.9 Å². The molecule has 32 heavy (non-hydrogen) atoms. The minimum Gasteiger partial charge on any atom is -0.493 e. The summed E-state index contributed by atoms with van der Waals surface area (Å²) in [6, 6.07) is 5.48. The smallest absolute Gasteiger partial charge is 0.231 e. The molecule has 2 N–H and O–H groups in total. The monoisotopic (exact) mass is 590 g/mol. The summed E-state index contributed by atoms with van der Waals surface area (Å²) in [7, 11) is 0. The number of hydrazine groups is 1. The number of hydrogen-bond donors (Lipinski definition) is 2. The number of aromatic nitrogens is 2. The molecule has 0 atom stereocenters. The van der Waals surface area contributed by atoms with E-state index in [2.05, 4.69) is 43.4 Å². The van der Waals surface area contributed by atoms with Crippen molar-refractivity contribution in [2.75, 3.05) is 30.1 Å². The molecular weight excluding hydrogens is 570 g/mol. The molecule has 0 aliphatic carbocycles. The highest BCUT2D eigenvalue weighted by atomic mass is 127. The molecule has 2 aromatic carbocycles. The first-order valence-electron chi connectivity index (χ1n) is 9.91. The third-order valence-electron chi connectivity index (χ3n) is 4.44. The van der Waals surface area contributed by atoms with E-state index in [1.807, 2.05) is 26.0 Å². The molecule has 1 aliphatic heterocycles. The van der Waals surface area contributed by atoms with E-state index in [-0.39, 0.29) is 12.9 Å². The van der Waals surface area contributed by atoms with Crippen LogP contribution in [-0.4, -0.2) is 35.4 Å². The van der Waals surface area contributed by atoms with Crippen LogP contribution >= 0.6 is 45.8 Å². The lowest BCUT2D eigenvalue weighted by molar-refractivity contribution is 0.174. The third-order valence-corrected chi connectivity index (χ3v) is 5.81. The molecule has 0 bridgehead atoms. The van der Waals surface area contributed by atoms with Gasteiger partial charge in [0.15, 0.2) is 17.3 Å². The van der Waals surface area contributed by atoms with Crippen molar-refractivity contribution in [3.8, 4) is 23.0 Å². The third kappa shape index (κ3) is 4.94. The number of hydrogen-bond acceptors (Lipinski definition) is 8. The minimum atomic E-state index is -0.0585. The van der Waals surface area contributed by atoms with Gasteiger partial charge >= 0.3 is 0 Å². The first-order valence-corrected chi connectivity index (χ1v) is 11.9. The van der Waals surface area contributed by atoms with Crippen molar-refractivity contribution in [3.63, 3.8) is 0 Å². The Morgan fingerprint density at radius 3 is 2.75 bits per heavy atom. The maximum absolute atomic E-state index is 6.45. The van der Waals surface area contributed by atoms with Crippen LogP contribution in [0.15, 0.2) is 24.5 Å². The number of ether oxygens (including phenoxy) is 4. The fraction of sp³-hybridized carbons (Fsp3) is 0.333. The average molecular weight is 591 g/mol. The van der Waals surface area contributed by atoms with Crippen LogP contribution in [0.25, 0.3) is 10.9 Å². The molecule has 1 aliphatic rings. The summed E-state index contributed by atoms with van der Waals surface area (Å²) >= 11 is 14.4. The SMILES string of the molecule is CC(C)Oc1cc(OCCCCl)cc2ncnc(NNc3c(Cl)cc(I)c4c3OCO4)c12. The van der Waals surface area contributed by atoms with E-state index in [0.717, 1.165) is 9.99 Å². The van der Waals surface area contributed by atoms with E-state index in [4.69, 9.17) is 42.1 Å². The van der Waals surface area contributed by atoms with E-state index < -0.39 is 0 Å². The van der Waals surface area contributed by atoms with Crippen molar-refractivity contribution >= 4 is 68.2 Å². The molecule has 0 amide bonds. The number of alkyl halides is 1. The summed E-state index contributed by atoms with van der Waals surface area (Å²) in [5.41, 5.74) is 7.44. The van der Waals surface area contributed by atoms with Crippen molar-refractivity contribution < 1.29 is 18.9 Å². The molecule has 3 aromatic rings. The molecule has 0 saturated carbocycles. The highest BCUT2D eigenvalue weighted by Gasteiger charge is 2.24. The molecule has 11 heteroatoms. The van der Waals surface area contributed by atoms with Crippen molar-refractivity contribution in [3.05, 3.63) is 33.1 Å². The first-order chi connectivity index (χ1) is 15.5. The molecule has 4 rings (SSSR count). The Kier molecular flexibility index (Phi) is 7.37. The molecule has 2 heterocycles. The van der Waals surface area contributed by atoms with Crippen LogP contribution in [0.5, 0.6) is 23.0 Å². The quantitative estimate of drug-likeness (QED) is 0.139. The number of rotatable bonds is 9. The lowest BCUT2D eigenvalue weighted by atomic mass is 10.2. The summed E-state index contributed by atoms with van der Waals surface area (Å²) in [5.74, 6) is 3.49. The molecule has 8 nitrogen and oxygen atoms in total. The van der Waals surface area contributed by atoms with E-state index in [0.29, 0.717) is 62.9 Å². The van der Waals surface area contributed by atoms with E-state index in [9.17, 15) is 0 Å². The van der Waals surface area contributed by atoms with Gasteiger partial charge in [0.1, 0.15) is 23.5 Å². The molecule has 0 fully saturated rings. The molecule has 1 aromatic heterocycles. The lowest BCUT2D eigenvalue weighted by Crippen LogP contribution is -2.13. The average Bonchev–Trinajstić information content (AvgIpc) is 3.23. The Hall–Kier alpha value is -2.11. The Morgan fingerprint density at radius 2 is 1.97 bits per heavy atom. The van der Waals surface area contributed by atoms with Crippen LogP contribution in [0.3, 0.4) is 0 Å². The summed E-state index contributed by atoms with van der Waals surface area (Å²) < 4.78 is 23.9. The Labute approximate surface area is 209 Å². The van der Waals surface area contributed by atoms with Gasteiger partial charge in [0.2, 0.25) is 6.79 Å². The zero-order valence-electron chi connectivity index (χ0n) is 17.4. The van der Waals surface area contributed by atoms with E-state index in [1.54, 1.807) is 6.07 Å². The number of nitrogens with one attached hydrogen (secondary N) is 2. The standard InChI is InChI=1S/C21H21Cl2IN4O4/c1-11(2)32-16-7-12(29-5-3-4-22)6-15-17(16)21(26-9-25-15)28-27-18-13(23)8-14(24)19-20(18)31-10-30-19/h6-9,11,27H,3-5,10H2,1-2H3,(H,25,26,28). The molecule has 0 saturated heterocycles. The van der Waals surface area contributed by atoms with Crippen molar-refractivity contribution in [2.24, 2.45) is 0 Å². The van der Waals surface area contributed by atoms with Gasteiger partial charge in [-0.1, -0.05) is 11.6 Å². The number of halogens is 3. The summed E-state index contributed by atoms with van der Waals surface area (Å²) in [5, 5.41) is 1.19. The van der Waals surface area contributed by atoms with Crippen LogP contribution in [-0.2, 0) is 0 Å². The Balaban J connectivity index is 1.68. The fourth-order valence-electron chi connectivity index (χ4n) is 3.14. The summed E-state index contributed by atoms with van der Waals surface area (Å²) in [6.45, 7) is 4.55. The van der Waals surface area contributed by atoms with Crippen LogP contribution in [0, 0.1) is 3.57 Å². The second kappa shape index (κ2) is 10.2. The van der Waals surface area contributed by atoms with Gasteiger partial charge in [-0.15, -0.1) is 11.6 Å². The van der Waals surface area contributed by atoms with E-state index in [1.165, 1.54) is 6.33 Å². The Bertz CT molecular complexity index is 1130. The first kappa shape index (κ1) is 23.1. The zero-order valence-corrected chi connectivity index (χ0v) is 21.0. The molecule has 0 radical (unpaired) electrons. The number of fused-ring (bicyclic) bond motifs is 2. The van der Waals surface area contributed by atoms with Crippen LogP contribution in [0.2, 0.25) is 5.02 Å². The van der Waals surface area contributed by atoms with Crippen LogP contribution < -0.4 is 29.8 Å². The van der Waals surface area contributed by atoms with Gasteiger partial charge in [-0.3, -0.25) is 10.9 Å². The second-order valence-electron chi connectivity index (χ2n) is 7.13. The van der Waals surface area contributed by atoms with Crippen LogP contribution in [0.1, 0.15) is 20.3 Å². The van der Waals surface area contributed by atoms with Crippen LogP contribution in [0.4, 0.5) is 11.5 Å². The molecular formula is C21H21Cl2IN4O4. The summed E-state index contributed by atoms with van der Waals surface area (Å²) in [6.07, 6.45) is 2.15. The predicted molar refractivity (Wildman–Crippen MR) is 134 cm³/mol. The van der Waals surface area contributed by atoms with E-state index >= 15 is 0 Å². The molecule has 170 valence electrons. The minimum absolute atomic E-state index is 0.0585. The largest absolute Gasteiger partial charge is 0.493 e. The van der Waals surface area contributed by atoms with Crippen molar-refractivity contribution in [1.82, 2.24) is 9.97 Å². The molecule has 0 spiro atoms. The topological polar surface area (TPSA) is 86.8 Å². The zero-order chi connectivity index (χ0) is 22.7. The second-order valence-corrected chi connectivity index (χ2v) is 9.07. The Morgan fingerprint density at radius 1 is 1.16 bits per heavy atom. The number of nitrogens with zero attached hydrogens (tertiary/aromatic N) is 2. The van der Waals surface area contributed by atoms with Gasteiger partial charge in [0.05, 0.1) is 32.2 Å². The van der Waals surface area contributed by atoms with Gasteiger partial charge in [-0.25, -0.2) is 9.97 Å². The summed E-state index contributed by atoms with van der Waals surface area (Å²) in [4.78, 5) is 8.80. The predicted octanol–water partition coefficient (Wildman–Crippen LogP) is 5.85. The number of anilines is 2. The van der Waals surface area contributed by atoms with Gasteiger partial charge in [-0.2, -0.15) is 0 Å². The van der Waals surface area contributed by atoms with Gasteiger partial charge in [0.25, 0.3) is 0 Å². The van der Waals surface area contributed by atoms with Crippen molar-refractivity contribution in [1.29, 1.82) is 0 Å². The van der Waals surface area contributed by atoms with Gasteiger partial charge in [0, 0.05) is 18.0 Å². The molecule has 0 unspecified atom stereocenters. The highest BCUT2D eigenvalue weighted by molar-refractivity contribution is 14.1. The van der Waals surface area contributed by atoms with Gasteiger partial charge < -0.3 is 18.9 Å². The normalized spacial score (nSPS) is 12.3. The maximum Gasteiger partial charge on any atom is 0.231 e. The number of benzene rings is 2. The highest BCUT2D eigenvalue weighted by Crippen LogP contribution is 2.46. The fourth-order valence-corrected chi connectivity index (χ4v) is 4.38. The maximum atomic E-state index is 6.45. The van der Waals surface area contributed by atoms with Crippen molar-refractivity contribution in [2.45, 2.75) is 26.4 Å².